The van der Waals surface area contributed by atoms with Crippen LogP contribution in [0, 0.1) is 23.7 Å². The van der Waals surface area contributed by atoms with Crippen molar-refractivity contribution in [1.82, 2.24) is 9.80 Å². The van der Waals surface area contributed by atoms with Crippen molar-refractivity contribution < 1.29 is 14.4 Å². The van der Waals surface area contributed by atoms with Crippen LogP contribution in [0.25, 0.3) is 0 Å². The van der Waals surface area contributed by atoms with Crippen LogP contribution in [0.3, 0.4) is 0 Å². The van der Waals surface area contributed by atoms with Crippen LogP contribution in [0.4, 0.5) is 5.69 Å². The van der Waals surface area contributed by atoms with Crippen molar-refractivity contribution in [2.24, 2.45) is 23.7 Å². The Labute approximate surface area is 171 Å². The van der Waals surface area contributed by atoms with Crippen LogP contribution in [0.15, 0.2) is 42.5 Å². The Bertz CT molecular complexity index is 812. The Hall–Kier alpha value is -2.63. The summed E-state index contributed by atoms with van der Waals surface area (Å²) in [5, 5.41) is 0. The minimum absolute atomic E-state index is 0.0364. The maximum atomic E-state index is 12.9. The van der Waals surface area contributed by atoms with E-state index < -0.39 is 0 Å². The number of hydrogen-bond acceptors (Lipinski definition) is 4. The fourth-order valence-electron chi connectivity index (χ4n) is 5.57. The van der Waals surface area contributed by atoms with E-state index in [0.717, 1.165) is 25.9 Å². The highest BCUT2D eigenvalue weighted by Crippen LogP contribution is 2.49. The molecule has 0 radical (unpaired) electrons. The van der Waals surface area contributed by atoms with E-state index in [0.29, 0.717) is 13.1 Å². The molecule has 1 aromatic rings. The van der Waals surface area contributed by atoms with Gasteiger partial charge in [0.2, 0.25) is 17.7 Å². The minimum atomic E-state index is -0.184. The number of nitrogens with zero attached hydrogens (tertiary/aromatic N) is 3. The number of imide groups is 1. The molecule has 3 amide bonds. The molecule has 29 heavy (non-hydrogen) atoms. The predicted octanol–water partition coefficient (Wildman–Crippen LogP) is 1.92. The van der Waals surface area contributed by atoms with Gasteiger partial charge in [0.05, 0.1) is 11.8 Å². The molecule has 0 N–H and O–H groups in total. The minimum Gasteiger partial charge on any atom is -0.368 e. The Morgan fingerprint density at radius 2 is 1.45 bits per heavy atom. The quantitative estimate of drug-likeness (QED) is 0.579. The summed E-state index contributed by atoms with van der Waals surface area (Å²) in [6.45, 7) is 3.18. The Kier molecular flexibility index (Phi) is 4.64. The molecule has 2 bridgehead atoms. The Morgan fingerprint density at radius 1 is 0.862 bits per heavy atom. The number of allylic oxidation sites excluding steroid dienone is 2. The first-order valence-corrected chi connectivity index (χ1v) is 10.7. The average Bonchev–Trinajstić information content (AvgIpc) is 3.05. The molecule has 2 aliphatic heterocycles. The van der Waals surface area contributed by atoms with Gasteiger partial charge in [0, 0.05) is 44.8 Å². The Balaban J connectivity index is 1.16. The Morgan fingerprint density at radius 3 is 2.00 bits per heavy atom. The molecule has 152 valence electrons. The van der Waals surface area contributed by atoms with Gasteiger partial charge in [0.25, 0.3) is 0 Å². The SMILES string of the molecule is O=C(CCN1C(=O)[C@@H]2[C@@H](C1=O)[C@H]1C=C[C@H]2CC1)N1CCN(c2ccccc2)CC1. The number of hydrogen-bond donors (Lipinski definition) is 0. The number of piperazine rings is 1. The van der Waals surface area contributed by atoms with Crippen molar-refractivity contribution in [3.63, 3.8) is 0 Å². The lowest BCUT2D eigenvalue weighted by Gasteiger charge is -2.38. The van der Waals surface area contributed by atoms with E-state index in [1.165, 1.54) is 10.6 Å². The number of rotatable bonds is 4. The van der Waals surface area contributed by atoms with E-state index in [-0.39, 0.29) is 54.4 Å². The van der Waals surface area contributed by atoms with Gasteiger partial charge in [-0.05, 0) is 36.8 Å². The number of carbonyl (C=O) groups excluding carboxylic acids is 3. The third-order valence-corrected chi connectivity index (χ3v) is 7.15. The zero-order valence-corrected chi connectivity index (χ0v) is 16.6. The van der Waals surface area contributed by atoms with Gasteiger partial charge < -0.3 is 9.80 Å². The second-order valence-corrected chi connectivity index (χ2v) is 8.62. The van der Waals surface area contributed by atoms with E-state index in [1.54, 1.807) is 0 Å². The monoisotopic (exact) mass is 393 g/mol. The lowest BCUT2D eigenvalue weighted by molar-refractivity contribution is -0.141. The predicted molar refractivity (Wildman–Crippen MR) is 109 cm³/mol. The summed E-state index contributed by atoms with van der Waals surface area (Å²) in [6, 6.07) is 10.2. The van der Waals surface area contributed by atoms with Gasteiger partial charge in [-0.15, -0.1) is 0 Å². The van der Waals surface area contributed by atoms with Gasteiger partial charge in [0.1, 0.15) is 0 Å². The first-order valence-electron chi connectivity index (χ1n) is 10.7. The van der Waals surface area contributed by atoms with Gasteiger partial charge in [0.15, 0.2) is 0 Å². The highest BCUT2D eigenvalue weighted by atomic mass is 16.2. The summed E-state index contributed by atoms with van der Waals surface area (Å²) in [5.41, 5.74) is 1.18. The first kappa shape index (κ1) is 18.4. The van der Waals surface area contributed by atoms with Crippen LogP contribution in [-0.2, 0) is 14.4 Å². The topological polar surface area (TPSA) is 60.9 Å². The zero-order valence-electron chi connectivity index (χ0n) is 16.6. The standard InChI is InChI=1S/C23H27N3O3/c27-19(25-14-12-24(13-15-25)18-4-2-1-3-5-18)10-11-26-22(28)20-16-6-7-17(9-8-16)21(20)23(26)29/h1-7,16-17,20-21H,8-15H2/t16-,17-,20-,21-/m0/s1. The molecule has 5 aliphatic rings. The largest absolute Gasteiger partial charge is 0.368 e. The van der Waals surface area contributed by atoms with Crippen LogP contribution in [0.5, 0.6) is 0 Å². The fourth-order valence-corrected chi connectivity index (χ4v) is 5.57. The summed E-state index contributed by atoms with van der Waals surface area (Å²) in [4.78, 5) is 44.0. The second kappa shape index (κ2) is 7.32. The number of amides is 3. The molecule has 3 aliphatic carbocycles. The fraction of sp³-hybridized carbons (Fsp3) is 0.522. The molecule has 0 unspecified atom stereocenters. The summed E-state index contributed by atoms with van der Waals surface area (Å²) < 4.78 is 0. The zero-order chi connectivity index (χ0) is 20.0. The lowest BCUT2D eigenvalue weighted by atomic mass is 9.63. The molecule has 3 fully saturated rings. The van der Waals surface area contributed by atoms with Gasteiger partial charge in [-0.1, -0.05) is 30.4 Å². The van der Waals surface area contributed by atoms with Crippen molar-refractivity contribution in [2.45, 2.75) is 19.3 Å². The normalized spacial score (nSPS) is 30.8. The van der Waals surface area contributed by atoms with Crippen molar-refractivity contribution in [1.29, 1.82) is 0 Å². The maximum Gasteiger partial charge on any atom is 0.233 e. The van der Waals surface area contributed by atoms with Gasteiger partial charge in [-0.25, -0.2) is 0 Å². The second-order valence-electron chi connectivity index (χ2n) is 8.62. The molecule has 1 aromatic carbocycles. The van der Waals surface area contributed by atoms with Crippen LogP contribution in [0.2, 0.25) is 0 Å². The highest BCUT2D eigenvalue weighted by Gasteiger charge is 2.56. The lowest BCUT2D eigenvalue weighted by Crippen LogP contribution is -2.49. The summed E-state index contributed by atoms with van der Waals surface area (Å²) in [6.07, 6.45) is 6.48. The molecule has 6 rings (SSSR count). The molecular formula is C23H27N3O3. The van der Waals surface area contributed by atoms with Gasteiger partial charge in [-0.2, -0.15) is 0 Å². The number of carbonyl (C=O) groups is 3. The number of fused-ring (bicyclic) bond motifs is 1. The van der Waals surface area contributed by atoms with Crippen LogP contribution in [-0.4, -0.2) is 60.2 Å². The smallest absolute Gasteiger partial charge is 0.233 e. The van der Waals surface area contributed by atoms with Crippen LogP contribution < -0.4 is 4.90 Å². The number of anilines is 1. The van der Waals surface area contributed by atoms with Crippen LogP contribution in [0.1, 0.15) is 19.3 Å². The third-order valence-electron chi connectivity index (χ3n) is 7.15. The first-order chi connectivity index (χ1) is 14.1. The number of para-hydroxylation sites is 1. The molecule has 1 saturated carbocycles. The molecular weight excluding hydrogens is 366 g/mol. The molecule has 4 atom stereocenters. The van der Waals surface area contributed by atoms with Crippen molar-refractivity contribution in [3.05, 3.63) is 42.5 Å². The number of benzene rings is 1. The van der Waals surface area contributed by atoms with Gasteiger partial charge in [-0.3, -0.25) is 19.3 Å². The average molecular weight is 393 g/mol. The van der Waals surface area contributed by atoms with E-state index in [2.05, 4.69) is 29.2 Å². The summed E-state index contributed by atoms with van der Waals surface area (Å²) in [5.74, 6) is -0.0382. The molecule has 2 heterocycles. The summed E-state index contributed by atoms with van der Waals surface area (Å²) >= 11 is 0. The highest BCUT2D eigenvalue weighted by molar-refractivity contribution is 6.06. The maximum absolute atomic E-state index is 12.9. The molecule has 0 spiro atoms. The van der Waals surface area contributed by atoms with E-state index in [4.69, 9.17) is 0 Å². The van der Waals surface area contributed by atoms with Crippen molar-refractivity contribution in [2.75, 3.05) is 37.6 Å². The van der Waals surface area contributed by atoms with E-state index in [1.807, 2.05) is 23.1 Å². The van der Waals surface area contributed by atoms with Crippen LogP contribution >= 0.6 is 0 Å². The number of likely N-dealkylation sites (tertiary alicyclic amines) is 1. The molecule has 6 nitrogen and oxygen atoms in total. The molecule has 6 heteroatoms. The molecule has 2 saturated heterocycles. The third kappa shape index (κ3) is 3.15. The van der Waals surface area contributed by atoms with Crippen molar-refractivity contribution >= 4 is 23.4 Å². The van der Waals surface area contributed by atoms with E-state index >= 15 is 0 Å². The molecule has 0 aromatic heterocycles. The van der Waals surface area contributed by atoms with E-state index in [9.17, 15) is 14.4 Å². The summed E-state index contributed by atoms with van der Waals surface area (Å²) in [7, 11) is 0. The van der Waals surface area contributed by atoms with Gasteiger partial charge >= 0.3 is 0 Å². The van der Waals surface area contributed by atoms with Crippen molar-refractivity contribution in [3.8, 4) is 0 Å².